The van der Waals surface area contributed by atoms with E-state index in [0.29, 0.717) is 0 Å². The summed E-state index contributed by atoms with van der Waals surface area (Å²) < 4.78 is 9.91. The van der Waals surface area contributed by atoms with Crippen molar-refractivity contribution in [2.45, 2.75) is 26.0 Å². The summed E-state index contributed by atoms with van der Waals surface area (Å²) >= 11 is 0. The smallest absolute Gasteiger partial charge is 0.326 e. The number of nitrogens with one attached hydrogen (secondary N) is 1. The molecule has 0 fully saturated rings. The van der Waals surface area contributed by atoms with Crippen LogP contribution in [0.5, 0.6) is 5.75 Å². The van der Waals surface area contributed by atoms with Crippen molar-refractivity contribution >= 4 is 23.8 Å². The van der Waals surface area contributed by atoms with E-state index >= 15 is 0 Å². The lowest BCUT2D eigenvalue weighted by atomic mass is 10.1. The molecule has 1 amide bonds. The van der Waals surface area contributed by atoms with E-state index in [9.17, 15) is 24.3 Å². The zero-order chi connectivity index (χ0) is 20.5. The van der Waals surface area contributed by atoms with Crippen LogP contribution >= 0.6 is 0 Å². The zero-order valence-corrected chi connectivity index (χ0v) is 15.1. The van der Waals surface area contributed by atoms with Gasteiger partial charge in [-0.25, -0.2) is 4.79 Å². The number of carboxylic acids is 1. The van der Waals surface area contributed by atoms with E-state index in [0.717, 1.165) is 5.56 Å². The van der Waals surface area contributed by atoms with Crippen LogP contribution in [-0.2, 0) is 25.7 Å². The Balaban J connectivity index is 1.92. The molecule has 2 N–H and O–H groups in total. The van der Waals surface area contributed by atoms with E-state index in [4.69, 9.17) is 9.47 Å². The van der Waals surface area contributed by atoms with Crippen LogP contribution in [-0.4, -0.2) is 35.0 Å². The molecule has 8 heteroatoms. The van der Waals surface area contributed by atoms with Crippen LogP contribution in [0.2, 0.25) is 0 Å². The Morgan fingerprint density at radius 3 is 2.21 bits per heavy atom. The lowest BCUT2D eigenvalue weighted by Gasteiger charge is -2.14. The van der Waals surface area contributed by atoms with Crippen LogP contribution in [0.1, 0.15) is 29.3 Å². The summed E-state index contributed by atoms with van der Waals surface area (Å²) in [4.78, 5) is 46.4. The highest BCUT2D eigenvalue weighted by Crippen LogP contribution is 2.13. The van der Waals surface area contributed by atoms with Gasteiger partial charge >= 0.3 is 17.9 Å². The van der Waals surface area contributed by atoms with E-state index in [2.05, 4.69) is 5.32 Å². The minimum absolute atomic E-state index is 0.0115. The van der Waals surface area contributed by atoms with Gasteiger partial charge in [0.15, 0.2) is 0 Å². The molecule has 2 aromatic carbocycles. The second-order valence-electron chi connectivity index (χ2n) is 5.83. The molecule has 0 bridgehead atoms. The summed E-state index contributed by atoms with van der Waals surface area (Å²) in [5.74, 6) is -3.04. The number of carboxylic acid groups (broad SMARTS) is 1. The maximum Gasteiger partial charge on any atom is 0.326 e. The maximum atomic E-state index is 12.2. The van der Waals surface area contributed by atoms with Crippen LogP contribution < -0.4 is 10.1 Å². The van der Waals surface area contributed by atoms with Gasteiger partial charge in [-0.05, 0) is 29.8 Å². The van der Waals surface area contributed by atoms with Gasteiger partial charge in [0, 0.05) is 12.5 Å². The second-order valence-corrected chi connectivity index (χ2v) is 5.83. The van der Waals surface area contributed by atoms with Crippen molar-refractivity contribution in [2.75, 3.05) is 0 Å². The standard InChI is InChI=1S/C20H19NO7/c1-13(22)28-16-9-7-15(8-10-16)19(24)21-17(20(25)26)11-18(23)27-12-14-5-3-2-4-6-14/h2-10,17H,11-12H2,1H3,(H,21,24)(H,25,26)/t17-/m0/s1. The predicted octanol–water partition coefficient (Wildman–Crippen LogP) is 1.93. The fourth-order valence-corrected chi connectivity index (χ4v) is 2.25. The molecule has 0 radical (unpaired) electrons. The first kappa shape index (κ1) is 20.6. The molecule has 1 atom stereocenters. The van der Waals surface area contributed by atoms with Gasteiger partial charge in [0.25, 0.3) is 5.91 Å². The van der Waals surface area contributed by atoms with Gasteiger partial charge in [0.05, 0.1) is 6.42 Å². The van der Waals surface area contributed by atoms with Gasteiger partial charge in [-0.1, -0.05) is 30.3 Å². The fourth-order valence-electron chi connectivity index (χ4n) is 2.25. The number of benzene rings is 2. The largest absolute Gasteiger partial charge is 0.480 e. The fraction of sp³-hybridized carbons (Fsp3) is 0.200. The molecule has 0 saturated heterocycles. The first-order chi connectivity index (χ1) is 13.3. The highest BCUT2D eigenvalue weighted by Gasteiger charge is 2.24. The SMILES string of the molecule is CC(=O)Oc1ccc(C(=O)N[C@@H](CC(=O)OCc2ccccc2)C(=O)O)cc1. The predicted molar refractivity (Wildman–Crippen MR) is 97.5 cm³/mol. The Labute approximate surface area is 161 Å². The highest BCUT2D eigenvalue weighted by molar-refractivity contribution is 5.97. The molecule has 0 aliphatic heterocycles. The van der Waals surface area contributed by atoms with Crippen molar-refractivity contribution in [3.63, 3.8) is 0 Å². The maximum absolute atomic E-state index is 12.2. The van der Waals surface area contributed by atoms with E-state index in [1.54, 1.807) is 24.3 Å². The van der Waals surface area contributed by atoms with Crippen LogP contribution in [0.3, 0.4) is 0 Å². The first-order valence-electron chi connectivity index (χ1n) is 8.37. The molecular formula is C20H19NO7. The summed E-state index contributed by atoms with van der Waals surface area (Å²) in [6.45, 7) is 1.26. The van der Waals surface area contributed by atoms with Crippen molar-refractivity contribution in [1.82, 2.24) is 5.32 Å². The number of amides is 1. The molecule has 0 spiro atoms. The third kappa shape index (κ3) is 6.56. The van der Waals surface area contributed by atoms with Gasteiger partial charge in [0.2, 0.25) is 0 Å². The Morgan fingerprint density at radius 2 is 1.64 bits per heavy atom. The Hall–Kier alpha value is -3.68. The Bertz CT molecular complexity index is 847. The van der Waals surface area contributed by atoms with E-state index in [1.165, 1.54) is 31.2 Å². The molecule has 0 aromatic heterocycles. The van der Waals surface area contributed by atoms with Gasteiger partial charge in [-0.15, -0.1) is 0 Å². The van der Waals surface area contributed by atoms with E-state index < -0.39 is 36.3 Å². The number of hydrogen-bond donors (Lipinski definition) is 2. The number of esters is 2. The van der Waals surface area contributed by atoms with Gasteiger partial charge in [-0.2, -0.15) is 0 Å². The minimum Gasteiger partial charge on any atom is -0.480 e. The summed E-state index contributed by atoms with van der Waals surface area (Å²) in [7, 11) is 0. The first-order valence-corrected chi connectivity index (χ1v) is 8.37. The lowest BCUT2D eigenvalue weighted by Crippen LogP contribution is -2.42. The quantitative estimate of drug-likeness (QED) is 0.526. The van der Waals surface area contributed by atoms with Gasteiger partial charge in [0.1, 0.15) is 18.4 Å². The monoisotopic (exact) mass is 385 g/mol. The second kappa shape index (κ2) is 9.86. The average molecular weight is 385 g/mol. The molecule has 146 valence electrons. The highest BCUT2D eigenvalue weighted by atomic mass is 16.5. The molecular weight excluding hydrogens is 366 g/mol. The number of carbonyl (C=O) groups excluding carboxylic acids is 3. The van der Waals surface area contributed by atoms with Crippen molar-refractivity contribution in [2.24, 2.45) is 0 Å². The molecule has 0 saturated carbocycles. The van der Waals surface area contributed by atoms with Crippen molar-refractivity contribution < 1.29 is 33.8 Å². The zero-order valence-electron chi connectivity index (χ0n) is 15.1. The summed E-state index contributed by atoms with van der Waals surface area (Å²) in [6, 6.07) is 13.0. The molecule has 0 aliphatic rings. The molecule has 8 nitrogen and oxygen atoms in total. The van der Waals surface area contributed by atoms with Crippen molar-refractivity contribution in [3.8, 4) is 5.75 Å². The van der Waals surface area contributed by atoms with Crippen LogP contribution in [0.25, 0.3) is 0 Å². The van der Waals surface area contributed by atoms with Crippen molar-refractivity contribution in [1.29, 1.82) is 0 Å². The van der Waals surface area contributed by atoms with Crippen LogP contribution in [0, 0.1) is 0 Å². The molecule has 0 aliphatic carbocycles. The molecule has 2 aromatic rings. The third-order valence-corrected chi connectivity index (χ3v) is 3.59. The van der Waals surface area contributed by atoms with Crippen molar-refractivity contribution in [3.05, 3.63) is 65.7 Å². The number of ether oxygens (including phenoxy) is 2. The van der Waals surface area contributed by atoms with Gasteiger partial charge < -0.3 is 19.9 Å². The average Bonchev–Trinajstić information content (AvgIpc) is 2.66. The number of carbonyl (C=O) groups is 4. The summed E-state index contributed by atoms with van der Waals surface area (Å²) in [6.07, 6.45) is -0.514. The number of hydrogen-bond acceptors (Lipinski definition) is 6. The summed E-state index contributed by atoms with van der Waals surface area (Å²) in [5.41, 5.74) is 0.916. The number of aliphatic carboxylic acids is 1. The van der Waals surface area contributed by atoms with Gasteiger partial charge in [-0.3, -0.25) is 14.4 Å². The van der Waals surface area contributed by atoms with Crippen LogP contribution in [0.15, 0.2) is 54.6 Å². The molecule has 28 heavy (non-hydrogen) atoms. The minimum atomic E-state index is -1.44. The van der Waals surface area contributed by atoms with E-state index in [-0.39, 0.29) is 17.9 Å². The molecule has 0 heterocycles. The summed E-state index contributed by atoms with van der Waals surface area (Å²) in [5, 5.41) is 11.5. The van der Waals surface area contributed by atoms with E-state index in [1.807, 2.05) is 6.07 Å². The lowest BCUT2D eigenvalue weighted by molar-refractivity contribution is -0.150. The van der Waals surface area contributed by atoms with Crippen LogP contribution in [0.4, 0.5) is 0 Å². The molecule has 0 unspecified atom stereocenters. The Kier molecular flexibility index (Phi) is 7.27. The Morgan fingerprint density at radius 1 is 1.00 bits per heavy atom. The normalized spacial score (nSPS) is 11.2. The third-order valence-electron chi connectivity index (χ3n) is 3.59. The molecule has 2 rings (SSSR count). The number of rotatable bonds is 8. The topological polar surface area (TPSA) is 119 Å².